The molecule has 0 aromatic heterocycles. The van der Waals surface area contributed by atoms with Gasteiger partial charge in [-0.3, -0.25) is 4.79 Å². The van der Waals surface area contributed by atoms with Gasteiger partial charge in [-0.05, 0) is 23.3 Å². The quantitative estimate of drug-likeness (QED) is 0.918. The summed E-state index contributed by atoms with van der Waals surface area (Å²) in [6.45, 7) is 0.179. The summed E-state index contributed by atoms with van der Waals surface area (Å²) in [5.41, 5.74) is 1.84. The zero-order chi connectivity index (χ0) is 15.2. The molecule has 2 aromatic rings. The van der Waals surface area contributed by atoms with Gasteiger partial charge in [-0.25, -0.2) is 0 Å². The molecule has 0 unspecified atom stereocenters. The van der Waals surface area contributed by atoms with Crippen LogP contribution >= 0.6 is 11.6 Å². The van der Waals surface area contributed by atoms with Crippen LogP contribution in [0.25, 0.3) is 0 Å². The summed E-state index contributed by atoms with van der Waals surface area (Å²) >= 11 is 5.89. The molecule has 0 bridgehead atoms. The van der Waals surface area contributed by atoms with Crippen molar-refractivity contribution in [3.63, 3.8) is 0 Å². The van der Waals surface area contributed by atoms with Crippen molar-refractivity contribution in [1.29, 1.82) is 5.26 Å². The van der Waals surface area contributed by atoms with E-state index < -0.39 is 5.97 Å². The van der Waals surface area contributed by atoms with Crippen molar-refractivity contribution in [3.8, 4) is 11.8 Å². The molecule has 0 saturated carbocycles. The van der Waals surface area contributed by atoms with Crippen molar-refractivity contribution < 1.29 is 14.6 Å². The van der Waals surface area contributed by atoms with Gasteiger partial charge in [0.2, 0.25) is 0 Å². The molecule has 2 rings (SSSR count). The zero-order valence-electron chi connectivity index (χ0n) is 11.0. The molecule has 2 aromatic carbocycles. The molecule has 0 aliphatic heterocycles. The van der Waals surface area contributed by atoms with E-state index in [0.717, 1.165) is 5.56 Å². The van der Waals surface area contributed by atoms with Crippen molar-refractivity contribution in [2.24, 2.45) is 0 Å². The lowest BCUT2D eigenvalue weighted by molar-refractivity contribution is -0.136. The molecule has 0 fully saturated rings. The number of benzene rings is 2. The number of carbonyl (C=O) groups is 1. The fourth-order valence-electron chi connectivity index (χ4n) is 1.90. The highest BCUT2D eigenvalue weighted by atomic mass is 35.5. The van der Waals surface area contributed by atoms with Crippen LogP contribution in [0.5, 0.6) is 5.75 Å². The molecule has 0 atom stereocenters. The van der Waals surface area contributed by atoms with E-state index in [0.29, 0.717) is 21.9 Å². The van der Waals surface area contributed by atoms with Crippen LogP contribution in [0.3, 0.4) is 0 Å². The molecular weight excluding hydrogens is 290 g/mol. The lowest BCUT2D eigenvalue weighted by Crippen LogP contribution is -2.06. The molecule has 4 nitrogen and oxygen atoms in total. The second kappa shape index (κ2) is 6.78. The van der Waals surface area contributed by atoms with Gasteiger partial charge >= 0.3 is 5.97 Å². The lowest BCUT2D eigenvalue weighted by atomic mass is 10.1. The van der Waals surface area contributed by atoms with E-state index in [1.54, 1.807) is 36.4 Å². The van der Waals surface area contributed by atoms with Crippen LogP contribution in [0.2, 0.25) is 5.02 Å². The largest absolute Gasteiger partial charge is 0.487 e. The summed E-state index contributed by atoms with van der Waals surface area (Å²) in [6.07, 6.45) is -0.0693. The normalized spacial score (nSPS) is 9.90. The number of aliphatic carboxylic acids is 1. The van der Waals surface area contributed by atoms with Crippen LogP contribution in [0.4, 0.5) is 0 Å². The lowest BCUT2D eigenvalue weighted by Gasteiger charge is -2.11. The third-order valence-electron chi connectivity index (χ3n) is 2.91. The minimum atomic E-state index is -0.900. The van der Waals surface area contributed by atoms with E-state index in [2.05, 4.69) is 0 Å². The zero-order valence-corrected chi connectivity index (χ0v) is 11.8. The molecule has 0 amide bonds. The second-order valence-corrected chi connectivity index (χ2v) is 4.82. The number of rotatable bonds is 5. The number of hydrogen-bond acceptors (Lipinski definition) is 3. The highest BCUT2D eigenvalue weighted by Gasteiger charge is 2.09. The van der Waals surface area contributed by atoms with Crippen molar-refractivity contribution in [1.82, 2.24) is 0 Å². The smallest absolute Gasteiger partial charge is 0.307 e. The van der Waals surface area contributed by atoms with Gasteiger partial charge in [0, 0.05) is 11.1 Å². The maximum absolute atomic E-state index is 10.8. The molecule has 0 spiro atoms. The first-order valence-corrected chi connectivity index (χ1v) is 6.59. The number of nitriles is 1. The maximum Gasteiger partial charge on any atom is 0.307 e. The molecular formula is C16H12ClNO3. The van der Waals surface area contributed by atoms with E-state index in [-0.39, 0.29) is 13.0 Å². The second-order valence-electron chi connectivity index (χ2n) is 4.38. The van der Waals surface area contributed by atoms with Crippen LogP contribution < -0.4 is 4.74 Å². The topological polar surface area (TPSA) is 70.3 Å². The minimum Gasteiger partial charge on any atom is -0.487 e. The van der Waals surface area contributed by atoms with Crippen molar-refractivity contribution in [3.05, 3.63) is 64.2 Å². The Hall–Kier alpha value is -2.51. The Morgan fingerprint density at radius 2 is 1.95 bits per heavy atom. The van der Waals surface area contributed by atoms with Crippen LogP contribution in [0.1, 0.15) is 16.7 Å². The van der Waals surface area contributed by atoms with Gasteiger partial charge < -0.3 is 9.84 Å². The Morgan fingerprint density at radius 1 is 1.24 bits per heavy atom. The monoisotopic (exact) mass is 301 g/mol. The highest BCUT2D eigenvalue weighted by Crippen LogP contribution is 2.24. The third kappa shape index (κ3) is 3.98. The Labute approximate surface area is 127 Å². The molecule has 0 aliphatic carbocycles. The summed E-state index contributed by atoms with van der Waals surface area (Å²) in [5.74, 6) is -0.516. The van der Waals surface area contributed by atoms with Crippen molar-refractivity contribution in [2.75, 3.05) is 0 Å². The average Bonchev–Trinajstić information content (AvgIpc) is 2.46. The van der Waals surface area contributed by atoms with E-state index in [1.807, 2.05) is 12.1 Å². The van der Waals surface area contributed by atoms with E-state index in [9.17, 15) is 4.79 Å². The fraction of sp³-hybridized carbons (Fsp3) is 0.125. The number of hydrogen-bond donors (Lipinski definition) is 1. The Morgan fingerprint density at radius 3 is 2.62 bits per heavy atom. The van der Waals surface area contributed by atoms with Gasteiger partial charge in [0.1, 0.15) is 18.4 Å². The molecule has 0 aliphatic rings. The van der Waals surface area contributed by atoms with Gasteiger partial charge in [0.05, 0.1) is 12.0 Å². The molecule has 106 valence electrons. The van der Waals surface area contributed by atoms with Crippen LogP contribution in [-0.4, -0.2) is 11.1 Å². The van der Waals surface area contributed by atoms with E-state index in [1.165, 1.54) is 0 Å². The van der Waals surface area contributed by atoms with Crippen LogP contribution in [-0.2, 0) is 17.8 Å². The molecule has 0 saturated heterocycles. The maximum atomic E-state index is 10.8. The predicted molar refractivity (Wildman–Crippen MR) is 78.3 cm³/mol. The Bertz CT molecular complexity index is 707. The summed E-state index contributed by atoms with van der Waals surface area (Å²) in [4.78, 5) is 10.8. The molecule has 21 heavy (non-hydrogen) atoms. The third-order valence-corrected chi connectivity index (χ3v) is 3.14. The summed E-state index contributed by atoms with van der Waals surface area (Å²) in [6, 6.07) is 13.9. The first-order chi connectivity index (χ1) is 10.1. The predicted octanol–water partition coefficient (Wildman–Crippen LogP) is 3.42. The van der Waals surface area contributed by atoms with Crippen LogP contribution in [0, 0.1) is 11.3 Å². The van der Waals surface area contributed by atoms with Gasteiger partial charge in [-0.2, -0.15) is 5.26 Å². The average molecular weight is 302 g/mol. The number of carboxylic acid groups (broad SMARTS) is 1. The first kappa shape index (κ1) is 14.9. The Kier molecular flexibility index (Phi) is 4.81. The summed E-state index contributed by atoms with van der Waals surface area (Å²) < 4.78 is 5.62. The first-order valence-electron chi connectivity index (χ1n) is 6.21. The SMILES string of the molecule is N#Cc1ccc(Cl)cc1OCc1ccccc1CC(=O)O. The number of ether oxygens (including phenoxy) is 1. The summed E-state index contributed by atoms with van der Waals surface area (Å²) in [7, 11) is 0. The fourth-order valence-corrected chi connectivity index (χ4v) is 2.06. The molecule has 5 heteroatoms. The summed E-state index contributed by atoms with van der Waals surface area (Å²) in [5, 5.41) is 18.4. The Balaban J connectivity index is 2.19. The molecule has 0 heterocycles. The number of halogens is 1. The van der Waals surface area contributed by atoms with E-state index in [4.69, 9.17) is 26.7 Å². The van der Waals surface area contributed by atoms with E-state index >= 15 is 0 Å². The number of carboxylic acids is 1. The molecule has 0 radical (unpaired) electrons. The molecule has 1 N–H and O–H groups in total. The number of nitrogens with zero attached hydrogens (tertiary/aromatic N) is 1. The van der Waals surface area contributed by atoms with Gasteiger partial charge in [0.15, 0.2) is 0 Å². The van der Waals surface area contributed by atoms with Gasteiger partial charge in [-0.1, -0.05) is 35.9 Å². The standard InChI is InChI=1S/C16H12ClNO3/c17-14-6-5-12(9-18)15(8-14)21-10-13-4-2-1-3-11(13)7-16(19)20/h1-6,8H,7,10H2,(H,19,20). The highest BCUT2D eigenvalue weighted by molar-refractivity contribution is 6.30. The van der Waals surface area contributed by atoms with Crippen molar-refractivity contribution in [2.45, 2.75) is 13.0 Å². The van der Waals surface area contributed by atoms with Gasteiger partial charge in [-0.15, -0.1) is 0 Å². The van der Waals surface area contributed by atoms with Crippen molar-refractivity contribution >= 4 is 17.6 Å². The van der Waals surface area contributed by atoms with Gasteiger partial charge in [0.25, 0.3) is 0 Å². The minimum absolute atomic E-state index is 0.0693. The van der Waals surface area contributed by atoms with Crippen LogP contribution in [0.15, 0.2) is 42.5 Å².